The van der Waals surface area contributed by atoms with E-state index in [1.807, 2.05) is 48.5 Å². The lowest BCUT2D eigenvalue weighted by Crippen LogP contribution is -2.33. The van der Waals surface area contributed by atoms with Crippen LogP contribution in [0.25, 0.3) is 0 Å². The van der Waals surface area contributed by atoms with Crippen LogP contribution in [-0.4, -0.2) is 31.1 Å². The summed E-state index contributed by atoms with van der Waals surface area (Å²) in [6.45, 7) is 3.20. The molecule has 0 bridgehead atoms. The molecule has 0 saturated carbocycles. The van der Waals surface area contributed by atoms with E-state index in [0.717, 1.165) is 16.9 Å². The molecule has 1 N–H and O–H groups in total. The Balaban J connectivity index is 1.44. The lowest BCUT2D eigenvalue weighted by atomic mass is 10.2. The number of nitrogens with one attached hydrogen (secondary N) is 1. The minimum Gasteiger partial charge on any atom is -0.489 e. The highest BCUT2D eigenvalue weighted by Crippen LogP contribution is 2.22. The number of ether oxygens (including phenoxy) is 3. The smallest absolute Gasteiger partial charge is 0.245 e. The van der Waals surface area contributed by atoms with Crippen LogP contribution < -0.4 is 10.2 Å². The van der Waals surface area contributed by atoms with Crippen molar-refractivity contribution < 1.29 is 19.0 Å². The van der Waals surface area contributed by atoms with Gasteiger partial charge in [-0.1, -0.05) is 23.7 Å². The van der Waals surface area contributed by atoms with E-state index in [4.69, 9.17) is 25.8 Å². The van der Waals surface area contributed by atoms with E-state index in [2.05, 4.69) is 10.5 Å². The molecule has 27 heavy (non-hydrogen) atoms. The Bertz CT molecular complexity index is 785. The van der Waals surface area contributed by atoms with E-state index >= 15 is 0 Å². The van der Waals surface area contributed by atoms with Crippen LogP contribution in [0.3, 0.4) is 0 Å². The lowest BCUT2D eigenvalue weighted by molar-refractivity contribution is -0.159. The molecule has 1 aliphatic heterocycles. The zero-order valence-electron chi connectivity index (χ0n) is 15.0. The van der Waals surface area contributed by atoms with E-state index in [0.29, 0.717) is 24.8 Å². The molecule has 1 aliphatic rings. The minimum absolute atomic E-state index is 0.0990. The van der Waals surface area contributed by atoms with Gasteiger partial charge in [-0.2, -0.15) is 5.10 Å². The topological polar surface area (TPSA) is 69.2 Å². The van der Waals surface area contributed by atoms with Gasteiger partial charge in [-0.05, 0) is 54.4 Å². The average molecular weight is 389 g/mol. The molecular weight excluding hydrogens is 368 g/mol. The summed E-state index contributed by atoms with van der Waals surface area (Å²) < 4.78 is 16.5. The quantitative estimate of drug-likeness (QED) is 0.582. The number of carbonyl (C=O) groups excluding carboxylic acids is 1. The fourth-order valence-corrected chi connectivity index (χ4v) is 2.69. The van der Waals surface area contributed by atoms with Gasteiger partial charge in [-0.3, -0.25) is 4.79 Å². The summed E-state index contributed by atoms with van der Waals surface area (Å²) >= 11 is 5.86. The predicted molar refractivity (Wildman–Crippen MR) is 103 cm³/mol. The number of hydrogen-bond donors (Lipinski definition) is 1. The van der Waals surface area contributed by atoms with Crippen molar-refractivity contribution in [1.82, 2.24) is 5.43 Å². The summed E-state index contributed by atoms with van der Waals surface area (Å²) in [7, 11) is 0. The van der Waals surface area contributed by atoms with E-state index in [1.165, 1.54) is 0 Å². The second kappa shape index (κ2) is 8.99. The monoisotopic (exact) mass is 388 g/mol. The Morgan fingerprint density at radius 2 is 1.85 bits per heavy atom. The minimum atomic E-state index is -0.858. The molecule has 0 radical (unpaired) electrons. The Morgan fingerprint density at radius 1 is 1.19 bits per heavy atom. The fraction of sp³-hybridized carbons (Fsp3) is 0.300. The molecule has 1 fully saturated rings. The number of hydrogen-bond acceptors (Lipinski definition) is 5. The van der Waals surface area contributed by atoms with Gasteiger partial charge < -0.3 is 14.2 Å². The third kappa shape index (κ3) is 6.06. The third-order valence-electron chi connectivity index (χ3n) is 3.98. The van der Waals surface area contributed by atoms with Gasteiger partial charge in [-0.25, -0.2) is 5.43 Å². The molecule has 0 spiro atoms. The Kier molecular flexibility index (Phi) is 6.45. The zero-order valence-corrected chi connectivity index (χ0v) is 15.7. The van der Waals surface area contributed by atoms with Crippen molar-refractivity contribution in [3.8, 4) is 5.75 Å². The second-order valence-electron chi connectivity index (χ2n) is 6.28. The van der Waals surface area contributed by atoms with Crippen molar-refractivity contribution in [1.29, 1.82) is 0 Å². The van der Waals surface area contributed by atoms with Crippen LogP contribution >= 0.6 is 11.6 Å². The molecule has 0 aliphatic carbocycles. The van der Waals surface area contributed by atoms with Gasteiger partial charge in [0, 0.05) is 5.02 Å². The van der Waals surface area contributed by atoms with Gasteiger partial charge in [0.15, 0.2) is 5.79 Å². The second-order valence-corrected chi connectivity index (χ2v) is 6.72. The van der Waals surface area contributed by atoms with Crippen LogP contribution in [0, 0.1) is 0 Å². The van der Waals surface area contributed by atoms with Crippen molar-refractivity contribution in [2.45, 2.75) is 25.7 Å². The van der Waals surface area contributed by atoms with Crippen molar-refractivity contribution >= 4 is 23.7 Å². The predicted octanol–water partition coefficient (Wildman–Crippen LogP) is 3.52. The van der Waals surface area contributed by atoms with Gasteiger partial charge in [0.2, 0.25) is 5.91 Å². The molecular formula is C20H21ClN2O4. The molecule has 2 aromatic carbocycles. The summed E-state index contributed by atoms with van der Waals surface area (Å²) in [5.74, 6) is -0.379. The molecule has 0 aromatic heterocycles. The first-order valence-electron chi connectivity index (χ1n) is 8.60. The molecule has 2 aromatic rings. The van der Waals surface area contributed by atoms with Crippen LogP contribution in [0.4, 0.5) is 0 Å². The first kappa shape index (κ1) is 19.4. The SMILES string of the molecule is CC1(CC(=O)N/N=C\c2ccc(OCc3ccc(Cl)cc3)cc2)OCCO1. The molecule has 0 unspecified atom stereocenters. The summed E-state index contributed by atoms with van der Waals surface area (Å²) in [6, 6.07) is 14.9. The first-order valence-corrected chi connectivity index (χ1v) is 8.97. The van der Waals surface area contributed by atoms with Crippen LogP contribution in [-0.2, 0) is 20.9 Å². The van der Waals surface area contributed by atoms with Gasteiger partial charge in [-0.15, -0.1) is 0 Å². The average Bonchev–Trinajstić information content (AvgIpc) is 3.08. The number of benzene rings is 2. The zero-order chi connectivity index (χ0) is 19.1. The van der Waals surface area contributed by atoms with Crippen LogP contribution in [0.15, 0.2) is 53.6 Å². The van der Waals surface area contributed by atoms with E-state index in [1.54, 1.807) is 13.1 Å². The molecule has 1 amide bonds. The number of amides is 1. The molecule has 1 heterocycles. The van der Waals surface area contributed by atoms with E-state index in [-0.39, 0.29) is 12.3 Å². The Hall–Kier alpha value is -2.41. The molecule has 1 saturated heterocycles. The summed E-state index contributed by atoms with van der Waals surface area (Å²) in [4.78, 5) is 11.9. The molecule has 0 atom stereocenters. The summed E-state index contributed by atoms with van der Waals surface area (Å²) in [5.41, 5.74) is 4.36. The van der Waals surface area contributed by atoms with E-state index in [9.17, 15) is 4.79 Å². The van der Waals surface area contributed by atoms with Crippen molar-refractivity contribution in [3.05, 3.63) is 64.7 Å². The first-order chi connectivity index (χ1) is 13.0. The van der Waals surface area contributed by atoms with Gasteiger partial charge >= 0.3 is 0 Å². The third-order valence-corrected chi connectivity index (χ3v) is 4.23. The van der Waals surface area contributed by atoms with Crippen molar-refractivity contribution in [2.75, 3.05) is 13.2 Å². The Labute approximate surface area is 163 Å². The van der Waals surface area contributed by atoms with Crippen LogP contribution in [0.5, 0.6) is 5.75 Å². The summed E-state index contributed by atoms with van der Waals surface area (Å²) in [6.07, 6.45) is 1.67. The highest BCUT2D eigenvalue weighted by Gasteiger charge is 2.33. The van der Waals surface area contributed by atoms with Gasteiger partial charge in [0.25, 0.3) is 0 Å². The number of hydrazone groups is 1. The van der Waals surface area contributed by atoms with Crippen LogP contribution in [0.1, 0.15) is 24.5 Å². The van der Waals surface area contributed by atoms with Crippen molar-refractivity contribution in [3.63, 3.8) is 0 Å². The largest absolute Gasteiger partial charge is 0.489 e. The number of halogens is 1. The van der Waals surface area contributed by atoms with Gasteiger partial charge in [0.1, 0.15) is 12.4 Å². The standard InChI is InChI=1S/C20H21ClN2O4/c1-20(26-10-11-27-20)12-19(24)23-22-13-15-4-8-18(9-5-15)25-14-16-2-6-17(21)7-3-16/h2-9,13H,10-12,14H2,1H3,(H,23,24)/b22-13-. The van der Waals surface area contributed by atoms with Crippen molar-refractivity contribution in [2.24, 2.45) is 5.10 Å². The maximum atomic E-state index is 11.9. The summed E-state index contributed by atoms with van der Waals surface area (Å²) in [5, 5.41) is 4.66. The Morgan fingerprint density at radius 3 is 2.52 bits per heavy atom. The lowest BCUT2D eigenvalue weighted by Gasteiger charge is -2.20. The molecule has 6 nitrogen and oxygen atoms in total. The molecule has 142 valence electrons. The van der Waals surface area contributed by atoms with E-state index < -0.39 is 5.79 Å². The number of carbonyl (C=O) groups is 1. The molecule has 3 rings (SSSR count). The highest BCUT2D eigenvalue weighted by molar-refractivity contribution is 6.30. The number of rotatable bonds is 7. The highest BCUT2D eigenvalue weighted by atomic mass is 35.5. The van der Waals surface area contributed by atoms with Crippen LogP contribution in [0.2, 0.25) is 5.02 Å². The normalized spacial score (nSPS) is 15.8. The molecule has 7 heteroatoms. The van der Waals surface area contributed by atoms with Gasteiger partial charge in [0.05, 0.1) is 25.8 Å². The maximum absolute atomic E-state index is 11.9. The maximum Gasteiger partial charge on any atom is 0.245 e. The number of nitrogens with zero attached hydrogens (tertiary/aromatic N) is 1. The fourth-order valence-electron chi connectivity index (χ4n) is 2.57.